The van der Waals surface area contributed by atoms with Crippen molar-refractivity contribution in [3.63, 3.8) is 0 Å². The van der Waals surface area contributed by atoms with Crippen LogP contribution in [0.5, 0.6) is 0 Å². The lowest BCUT2D eigenvalue weighted by Crippen LogP contribution is -2.50. The van der Waals surface area contributed by atoms with Gasteiger partial charge in [0.05, 0.1) is 5.25 Å². The fourth-order valence-electron chi connectivity index (χ4n) is 3.77. The fraction of sp³-hybridized carbons (Fsp3) is 0.619. The van der Waals surface area contributed by atoms with Gasteiger partial charge in [-0.2, -0.15) is 0 Å². The van der Waals surface area contributed by atoms with Gasteiger partial charge in [0.1, 0.15) is 5.37 Å². The number of rotatable bonds is 6. The third-order valence-electron chi connectivity index (χ3n) is 5.38. The molecule has 7 heteroatoms. The van der Waals surface area contributed by atoms with Gasteiger partial charge in [-0.05, 0) is 18.9 Å². The molecule has 0 aromatic heterocycles. The number of halogens is 1. The quantitative estimate of drug-likeness (QED) is 0.702. The van der Waals surface area contributed by atoms with Crippen LogP contribution in [0.25, 0.3) is 0 Å². The van der Waals surface area contributed by atoms with E-state index >= 15 is 0 Å². The van der Waals surface area contributed by atoms with Crippen LogP contribution in [0, 0.1) is 5.92 Å². The van der Waals surface area contributed by atoms with Crippen molar-refractivity contribution in [1.29, 1.82) is 0 Å². The van der Waals surface area contributed by atoms with Gasteiger partial charge in [0, 0.05) is 56.3 Å². The van der Waals surface area contributed by atoms with Crippen LogP contribution in [-0.2, 0) is 9.59 Å². The number of hydrogen-bond acceptors (Lipinski definition) is 4. The second-order valence-electron chi connectivity index (χ2n) is 8.00. The Bertz CT molecular complexity index is 707. The third kappa shape index (κ3) is 5.02. The van der Waals surface area contributed by atoms with Crippen molar-refractivity contribution in [1.82, 2.24) is 14.7 Å². The predicted molar refractivity (Wildman–Crippen MR) is 115 cm³/mol. The zero-order chi connectivity index (χ0) is 20.3. The topological polar surface area (TPSA) is 43.9 Å². The molecule has 2 heterocycles. The highest BCUT2D eigenvalue weighted by molar-refractivity contribution is 8.01. The van der Waals surface area contributed by atoms with Crippen molar-refractivity contribution in [2.24, 2.45) is 5.92 Å². The Morgan fingerprint density at radius 2 is 1.86 bits per heavy atom. The highest BCUT2D eigenvalue weighted by Crippen LogP contribution is 2.44. The van der Waals surface area contributed by atoms with E-state index in [4.69, 9.17) is 11.6 Å². The molecule has 0 spiro atoms. The van der Waals surface area contributed by atoms with E-state index in [1.54, 1.807) is 11.8 Å². The Hall–Kier alpha value is -1.24. The molecule has 2 amide bonds. The molecule has 2 fully saturated rings. The zero-order valence-corrected chi connectivity index (χ0v) is 18.5. The van der Waals surface area contributed by atoms with Crippen LogP contribution in [0.2, 0.25) is 5.02 Å². The highest BCUT2D eigenvalue weighted by atomic mass is 35.5. The molecular formula is C21H30ClN3O2S. The van der Waals surface area contributed by atoms with E-state index in [0.29, 0.717) is 23.9 Å². The van der Waals surface area contributed by atoms with E-state index in [2.05, 4.69) is 18.7 Å². The van der Waals surface area contributed by atoms with Crippen LogP contribution in [0.3, 0.4) is 0 Å². The van der Waals surface area contributed by atoms with Gasteiger partial charge in [0.25, 0.3) is 0 Å². The molecule has 2 aliphatic heterocycles. The molecule has 0 N–H and O–H groups in total. The van der Waals surface area contributed by atoms with Crippen molar-refractivity contribution in [3.8, 4) is 0 Å². The third-order valence-corrected chi connectivity index (χ3v) is 7.10. The molecule has 2 saturated heterocycles. The summed E-state index contributed by atoms with van der Waals surface area (Å²) >= 11 is 8.06. The normalized spacial score (nSPS) is 23.7. The van der Waals surface area contributed by atoms with Crippen LogP contribution in [0.4, 0.5) is 0 Å². The summed E-state index contributed by atoms with van der Waals surface area (Å²) in [5.74, 6) is 0.835. The lowest BCUT2D eigenvalue weighted by Gasteiger charge is -2.36. The van der Waals surface area contributed by atoms with E-state index < -0.39 is 0 Å². The largest absolute Gasteiger partial charge is 0.340 e. The van der Waals surface area contributed by atoms with E-state index in [1.165, 1.54) is 0 Å². The first-order chi connectivity index (χ1) is 13.4. The minimum absolute atomic E-state index is 0.0230. The highest BCUT2D eigenvalue weighted by Gasteiger charge is 2.39. The Balaban J connectivity index is 1.55. The smallest absolute Gasteiger partial charge is 0.236 e. The standard InChI is InChI=1S/C21H30ClN3O2S/c1-15(2)14-19(26)24-11-8-23(9-12-24)10-13-25-20(27)16(3)28-21(25)17-6-4-5-7-18(17)22/h4-7,15-16,21H,8-14H2,1-3H3. The maximum atomic E-state index is 12.7. The first kappa shape index (κ1) is 21.5. The van der Waals surface area contributed by atoms with Gasteiger partial charge < -0.3 is 9.80 Å². The minimum atomic E-state index is -0.0493. The number of carbonyl (C=O) groups excluding carboxylic acids is 2. The average molecular weight is 424 g/mol. The van der Waals surface area contributed by atoms with Crippen LogP contribution in [-0.4, -0.2) is 71.0 Å². The Morgan fingerprint density at radius 1 is 1.18 bits per heavy atom. The summed E-state index contributed by atoms with van der Waals surface area (Å²) < 4.78 is 0. The van der Waals surface area contributed by atoms with Gasteiger partial charge >= 0.3 is 0 Å². The Morgan fingerprint density at radius 3 is 2.50 bits per heavy atom. The molecule has 154 valence electrons. The minimum Gasteiger partial charge on any atom is -0.340 e. The van der Waals surface area contributed by atoms with Crippen LogP contribution in [0.1, 0.15) is 38.1 Å². The molecule has 1 aromatic carbocycles. The summed E-state index contributed by atoms with van der Waals surface area (Å²) in [5.41, 5.74) is 1.01. The number of hydrogen-bond donors (Lipinski definition) is 0. The molecule has 2 aliphatic rings. The van der Waals surface area contributed by atoms with E-state index in [0.717, 1.165) is 38.3 Å². The molecule has 0 saturated carbocycles. The average Bonchev–Trinajstić information content (AvgIpc) is 2.94. The van der Waals surface area contributed by atoms with Crippen LogP contribution in [0.15, 0.2) is 24.3 Å². The second-order valence-corrected chi connectivity index (χ2v) is 9.84. The predicted octanol–water partition coefficient (Wildman–Crippen LogP) is 3.49. The molecular weight excluding hydrogens is 394 g/mol. The maximum absolute atomic E-state index is 12.7. The van der Waals surface area contributed by atoms with Crippen molar-refractivity contribution >= 4 is 35.2 Å². The first-order valence-corrected chi connectivity index (χ1v) is 11.4. The summed E-state index contributed by atoms with van der Waals surface area (Å²) in [6, 6.07) is 7.79. The second kappa shape index (κ2) is 9.51. The fourth-order valence-corrected chi connectivity index (χ4v) is 5.42. The summed E-state index contributed by atoms with van der Waals surface area (Å²) in [6.45, 7) is 10.9. The summed E-state index contributed by atoms with van der Waals surface area (Å²) in [5, 5.41) is 0.640. The van der Waals surface area contributed by atoms with Gasteiger partial charge in [-0.15, -0.1) is 11.8 Å². The van der Waals surface area contributed by atoms with Crippen LogP contribution < -0.4 is 0 Å². The van der Waals surface area contributed by atoms with E-state index in [-0.39, 0.29) is 22.4 Å². The maximum Gasteiger partial charge on any atom is 0.236 e. The van der Waals surface area contributed by atoms with Gasteiger partial charge in [0.15, 0.2) is 0 Å². The molecule has 2 atom stereocenters. The molecule has 2 unspecified atom stereocenters. The Kier molecular flexibility index (Phi) is 7.29. The number of carbonyl (C=O) groups is 2. The van der Waals surface area contributed by atoms with Crippen molar-refractivity contribution in [3.05, 3.63) is 34.9 Å². The molecule has 0 radical (unpaired) electrons. The number of thioether (sulfide) groups is 1. The molecule has 5 nitrogen and oxygen atoms in total. The van der Waals surface area contributed by atoms with Crippen molar-refractivity contribution < 1.29 is 9.59 Å². The van der Waals surface area contributed by atoms with Gasteiger partial charge in [-0.3, -0.25) is 14.5 Å². The lowest BCUT2D eigenvalue weighted by molar-refractivity contribution is -0.133. The number of nitrogens with zero attached hydrogens (tertiary/aromatic N) is 3. The molecule has 3 rings (SSSR count). The Labute approximate surface area is 177 Å². The molecule has 1 aromatic rings. The van der Waals surface area contributed by atoms with E-state index in [1.807, 2.05) is 41.0 Å². The van der Waals surface area contributed by atoms with E-state index in [9.17, 15) is 9.59 Å². The lowest BCUT2D eigenvalue weighted by atomic mass is 10.1. The number of benzene rings is 1. The van der Waals surface area contributed by atoms with Gasteiger partial charge in [-0.25, -0.2) is 0 Å². The molecule has 28 heavy (non-hydrogen) atoms. The molecule has 0 aliphatic carbocycles. The first-order valence-electron chi connectivity index (χ1n) is 10.1. The monoisotopic (exact) mass is 423 g/mol. The van der Waals surface area contributed by atoms with Crippen molar-refractivity contribution in [2.75, 3.05) is 39.3 Å². The summed E-state index contributed by atoms with van der Waals surface area (Å²) in [6.07, 6.45) is 0.622. The SMILES string of the molecule is CC(C)CC(=O)N1CCN(CCN2C(=O)C(C)SC2c2ccccc2Cl)CC1. The van der Waals surface area contributed by atoms with Gasteiger partial charge in [-0.1, -0.05) is 43.6 Å². The molecule has 0 bridgehead atoms. The van der Waals surface area contributed by atoms with Gasteiger partial charge in [0.2, 0.25) is 11.8 Å². The zero-order valence-electron chi connectivity index (χ0n) is 16.9. The summed E-state index contributed by atoms with van der Waals surface area (Å²) in [7, 11) is 0. The summed E-state index contributed by atoms with van der Waals surface area (Å²) in [4.78, 5) is 31.2. The number of amides is 2. The van der Waals surface area contributed by atoms with Crippen LogP contribution >= 0.6 is 23.4 Å². The number of piperazine rings is 1. The van der Waals surface area contributed by atoms with Crippen molar-refractivity contribution in [2.45, 2.75) is 37.8 Å².